The van der Waals surface area contributed by atoms with Crippen LogP contribution in [0.3, 0.4) is 0 Å². The Kier molecular flexibility index (Phi) is 6.22. The molecule has 0 aliphatic rings. The third kappa shape index (κ3) is 5.18. The summed E-state index contributed by atoms with van der Waals surface area (Å²) in [4.78, 5) is 12.0. The lowest BCUT2D eigenvalue weighted by atomic mass is 10.1. The van der Waals surface area contributed by atoms with E-state index in [9.17, 15) is 9.90 Å². The van der Waals surface area contributed by atoms with Crippen LogP contribution in [0.5, 0.6) is 11.5 Å². The summed E-state index contributed by atoms with van der Waals surface area (Å²) in [5.74, 6) is 0.292. The molecule has 0 spiro atoms. The summed E-state index contributed by atoms with van der Waals surface area (Å²) in [5.41, 5.74) is 4.79. The molecule has 3 aromatic rings. The summed E-state index contributed by atoms with van der Waals surface area (Å²) in [5, 5.41) is 13.6. The first kappa shape index (κ1) is 18.7. The van der Waals surface area contributed by atoms with Gasteiger partial charge in [-0.1, -0.05) is 64.5 Å². The first-order chi connectivity index (χ1) is 13.1. The van der Waals surface area contributed by atoms with Gasteiger partial charge in [0.25, 0.3) is 5.91 Å². The molecule has 1 amide bonds. The highest BCUT2D eigenvalue weighted by molar-refractivity contribution is 9.10. The van der Waals surface area contributed by atoms with E-state index in [-0.39, 0.29) is 12.4 Å². The fourth-order valence-electron chi connectivity index (χ4n) is 2.43. The SMILES string of the molecule is O=C(COc1ccccc1-c1ccccc1)NN=Cc1cc(Br)ccc1O. The number of nitrogens with zero attached hydrogens (tertiary/aromatic N) is 1. The van der Waals surface area contributed by atoms with Gasteiger partial charge in [-0.3, -0.25) is 4.79 Å². The van der Waals surface area contributed by atoms with Crippen LogP contribution in [0.4, 0.5) is 0 Å². The first-order valence-electron chi connectivity index (χ1n) is 8.21. The van der Waals surface area contributed by atoms with Gasteiger partial charge in [-0.2, -0.15) is 5.10 Å². The normalized spacial score (nSPS) is 10.7. The number of rotatable bonds is 6. The van der Waals surface area contributed by atoms with Gasteiger partial charge in [0.15, 0.2) is 6.61 Å². The van der Waals surface area contributed by atoms with Gasteiger partial charge >= 0.3 is 0 Å². The summed E-state index contributed by atoms with van der Waals surface area (Å²) < 4.78 is 6.46. The number of amides is 1. The van der Waals surface area contributed by atoms with Crippen LogP contribution in [-0.4, -0.2) is 23.8 Å². The third-order valence-corrected chi connectivity index (χ3v) is 4.21. The number of hydrogen-bond donors (Lipinski definition) is 2. The smallest absolute Gasteiger partial charge is 0.277 e. The van der Waals surface area contributed by atoms with E-state index >= 15 is 0 Å². The van der Waals surface area contributed by atoms with Gasteiger partial charge in [0.1, 0.15) is 11.5 Å². The van der Waals surface area contributed by atoms with Crippen molar-refractivity contribution in [3.63, 3.8) is 0 Å². The lowest BCUT2D eigenvalue weighted by molar-refractivity contribution is -0.123. The van der Waals surface area contributed by atoms with Gasteiger partial charge in [0.2, 0.25) is 0 Å². The Hall–Kier alpha value is -3.12. The fraction of sp³-hybridized carbons (Fsp3) is 0.0476. The van der Waals surface area contributed by atoms with Crippen LogP contribution >= 0.6 is 15.9 Å². The minimum atomic E-state index is -0.399. The minimum absolute atomic E-state index is 0.0734. The van der Waals surface area contributed by atoms with Crippen molar-refractivity contribution in [2.45, 2.75) is 0 Å². The van der Waals surface area contributed by atoms with Crippen molar-refractivity contribution in [1.82, 2.24) is 5.43 Å². The molecule has 3 rings (SSSR count). The van der Waals surface area contributed by atoms with Crippen molar-refractivity contribution < 1.29 is 14.6 Å². The van der Waals surface area contributed by atoms with Gasteiger partial charge in [0, 0.05) is 15.6 Å². The van der Waals surface area contributed by atoms with Crippen LogP contribution < -0.4 is 10.2 Å². The number of phenols is 1. The van der Waals surface area contributed by atoms with E-state index in [0.29, 0.717) is 11.3 Å². The molecule has 0 saturated heterocycles. The summed E-state index contributed by atoms with van der Waals surface area (Å²) >= 11 is 3.31. The molecule has 0 atom stereocenters. The number of para-hydroxylation sites is 1. The molecular weight excluding hydrogens is 408 g/mol. The molecule has 0 aliphatic heterocycles. The molecule has 0 fully saturated rings. The van der Waals surface area contributed by atoms with Crippen LogP contribution in [-0.2, 0) is 4.79 Å². The zero-order valence-electron chi connectivity index (χ0n) is 14.3. The van der Waals surface area contributed by atoms with Crippen LogP contribution in [0.2, 0.25) is 0 Å². The maximum atomic E-state index is 12.0. The first-order valence-corrected chi connectivity index (χ1v) is 9.00. The number of carbonyl (C=O) groups excluding carboxylic acids is 1. The number of halogens is 1. The molecule has 0 aliphatic carbocycles. The van der Waals surface area contributed by atoms with Gasteiger partial charge in [-0.05, 0) is 29.8 Å². The zero-order valence-corrected chi connectivity index (χ0v) is 15.9. The quantitative estimate of drug-likeness (QED) is 0.456. The fourth-order valence-corrected chi connectivity index (χ4v) is 2.81. The standard InChI is InChI=1S/C21H17BrN2O3/c22-17-10-11-19(25)16(12-17)13-23-24-21(26)14-27-20-9-5-4-8-18(20)15-6-2-1-3-7-15/h1-13,25H,14H2,(H,24,26). The Bertz CT molecular complexity index is 959. The summed E-state index contributed by atoms with van der Waals surface area (Å²) in [6.07, 6.45) is 1.37. The summed E-state index contributed by atoms with van der Waals surface area (Å²) in [6.45, 7) is -0.175. The van der Waals surface area contributed by atoms with E-state index in [0.717, 1.165) is 15.6 Å². The van der Waals surface area contributed by atoms with Crippen molar-refractivity contribution in [2.75, 3.05) is 6.61 Å². The number of phenolic OH excluding ortho intramolecular Hbond substituents is 1. The molecular formula is C21H17BrN2O3. The molecule has 0 saturated carbocycles. The topological polar surface area (TPSA) is 70.9 Å². The Balaban J connectivity index is 1.60. The molecule has 0 bridgehead atoms. The minimum Gasteiger partial charge on any atom is -0.507 e. The van der Waals surface area contributed by atoms with Gasteiger partial charge in [-0.15, -0.1) is 0 Å². The molecule has 27 heavy (non-hydrogen) atoms. The average Bonchev–Trinajstić information content (AvgIpc) is 2.70. The molecule has 0 unspecified atom stereocenters. The second-order valence-corrected chi connectivity index (χ2v) is 6.56. The molecule has 136 valence electrons. The Morgan fingerprint density at radius 2 is 1.81 bits per heavy atom. The van der Waals surface area contributed by atoms with Gasteiger partial charge in [0.05, 0.1) is 6.21 Å². The van der Waals surface area contributed by atoms with Crippen molar-refractivity contribution >= 4 is 28.1 Å². The van der Waals surface area contributed by atoms with Crippen molar-refractivity contribution in [2.24, 2.45) is 5.10 Å². The Morgan fingerprint density at radius 3 is 2.63 bits per heavy atom. The Labute approximate surface area is 165 Å². The zero-order chi connectivity index (χ0) is 19.1. The van der Waals surface area contributed by atoms with E-state index in [1.54, 1.807) is 12.1 Å². The highest BCUT2D eigenvalue weighted by atomic mass is 79.9. The van der Waals surface area contributed by atoms with E-state index in [2.05, 4.69) is 26.5 Å². The highest BCUT2D eigenvalue weighted by Gasteiger charge is 2.08. The van der Waals surface area contributed by atoms with Crippen molar-refractivity contribution in [1.29, 1.82) is 0 Å². The molecule has 6 heteroatoms. The highest BCUT2D eigenvalue weighted by Crippen LogP contribution is 2.29. The molecule has 5 nitrogen and oxygen atoms in total. The summed E-state index contributed by atoms with van der Waals surface area (Å²) in [6, 6.07) is 22.3. The number of aromatic hydroxyl groups is 1. The number of hydrogen-bond acceptors (Lipinski definition) is 4. The lowest BCUT2D eigenvalue weighted by Crippen LogP contribution is -2.24. The van der Waals surface area contributed by atoms with E-state index in [1.165, 1.54) is 12.3 Å². The van der Waals surface area contributed by atoms with Crippen LogP contribution in [0.25, 0.3) is 11.1 Å². The lowest BCUT2D eigenvalue weighted by Gasteiger charge is -2.10. The number of hydrazone groups is 1. The molecule has 0 aromatic heterocycles. The van der Waals surface area contributed by atoms with E-state index in [1.807, 2.05) is 54.6 Å². The maximum absolute atomic E-state index is 12.0. The monoisotopic (exact) mass is 424 g/mol. The molecule has 2 N–H and O–H groups in total. The summed E-state index contributed by atoms with van der Waals surface area (Å²) in [7, 11) is 0. The predicted octanol–water partition coefficient (Wildman–Crippen LogP) is 4.35. The molecule has 0 heterocycles. The maximum Gasteiger partial charge on any atom is 0.277 e. The predicted molar refractivity (Wildman–Crippen MR) is 109 cm³/mol. The number of benzene rings is 3. The van der Waals surface area contributed by atoms with E-state index in [4.69, 9.17) is 4.74 Å². The number of ether oxygens (including phenoxy) is 1. The third-order valence-electron chi connectivity index (χ3n) is 3.71. The van der Waals surface area contributed by atoms with Gasteiger partial charge < -0.3 is 9.84 Å². The number of carbonyl (C=O) groups is 1. The second-order valence-electron chi connectivity index (χ2n) is 5.65. The number of nitrogens with one attached hydrogen (secondary N) is 1. The van der Waals surface area contributed by atoms with Crippen molar-refractivity contribution in [3.05, 3.63) is 82.8 Å². The van der Waals surface area contributed by atoms with Crippen molar-refractivity contribution in [3.8, 4) is 22.6 Å². The van der Waals surface area contributed by atoms with Gasteiger partial charge in [-0.25, -0.2) is 5.43 Å². The Morgan fingerprint density at radius 1 is 1.07 bits per heavy atom. The second kappa shape index (κ2) is 9.00. The largest absolute Gasteiger partial charge is 0.507 e. The van der Waals surface area contributed by atoms with E-state index < -0.39 is 5.91 Å². The molecule has 0 radical (unpaired) electrons. The van der Waals surface area contributed by atoms with Crippen LogP contribution in [0.15, 0.2) is 82.4 Å². The average molecular weight is 425 g/mol. The van der Waals surface area contributed by atoms with Crippen LogP contribution in [0, 0.1) is 0 Å². The molecule has 3 aromatic carbocycles. The van der Waals surface area contributed by atoms with Crippen LogP contribution in [0.1, 0.15) is 5.56 Å².